The van der Waals surface area contributed by atoms with Crippen LogP contribution in [0.4, 0.5) is 5.69 Å². The van der Waals surface area contributed by atoms with Crippen molar-refractivity contribution in [1.29, 1.82) is 0 Å². The summed E-state index contributed by atoms with van der Waals surface area (Å²) < 4.78 is 6.25. The van der Waals surface area contributed by atoms with Crippen molar-refractivity contribution < 1.29 is 9.53 Å². The molecular formula is C22H23NO2S2. The zero-order chi connectivity index (χ0) is 19.4. The maximum absolute atomic E-state index is 12.9. The fourth-order valence-electron chi connectivity index (χ4n) is 2.88. The van der Waals surface area contributed by atoms with E-state index in [-0.39, 0.29) is 5.91 Å². The summed E-state index contributed by atoms with van der Waals surface area (Å²) in [7, 11) is 0. The first-order chi connectivity index (χ1) is 13.0. The number of amides is 1. The number of hydrogen-bond acceptors (Lipinski definition) is 4. The largest absolute Gasteiger partial charge is 0.494 e. The van der Waals surface area contributed by atoms with Crippen LogP contribution in [0.2, 0.25) is 0 Å². The molecule has 3 rings (SSSR count). The normalized spacial score (nSPS) is 15.7. The van der Waals surface area contributed by atoms with E-state index in [2.05, 4.69) is 13.0 Å². The zero-order valence-corrected chi connectivity index (χ0v) is 17.5. The predicted octanol–water partition coefficient (Wildman–Crippen LogP) is 5.89. The lowest BCUT2D eigenvalue weighted by atomic mass is 10.1. The van der Waals surface area contributed by atoms with E-state index in [1.165, 1.54) is 17.3 Å². The second-order valence-corrected chi connectivity index (χ2v) is 8.25. The summed E-state index contributed by atoms with van der Waals surface area (Å²) in [5.74, 6) is 0.781. The Morgan fingerprint density at radius 2 is 1.89 bits per heavy atom. The minimum atomic E-state index is -0.0692. The lowest BCUT2D eigenvalue weighted by molar-refractivity contribution is -0.113. The molecule has 0 atom stereocenters. The van der Waals surface area contributed by atoms with Gasteiger partial charge in [0.15, 0.2) is 4.32 Å². The van der Waals surface area contributed by atoms with Crippen molar-refractivity contribution in [2.24, 2.45) is 0 Å². The van der Waals surface area contributed by atoms with Crippen LogP contribution in [0, 0.1) is 13.8 Å². The number of ether oxygens (including phenoxy) is 1. The Hall–Kier alpha value is -2.11. The summed E-state index contributed by atoms with van der Waals surface area (Å²) in [6.07, 6.45) is 4.04. The smallest absolute Gasteiger partial charge is 0.270 e. The highest BCUT2D eigenvalue weighted by Crippen LogP contribution is 2.37. The van der Waals surface area contributed by atoms with E-state index in [4.69, 9.17) is 17.0 Å². The number of thioether (sulfide) groups is 1. The Labute approximate surface area is 170 Å². The van der Waals surface area contributed by atoms with E-state index in [0.29, 0.717) is 9.23 Å². The number of rotatable bonds is 6. The van der Waals surface area contributed by atoms with Gasteiger partial charge in [-0.15, -0.1) is 0 Å². The molecule has 1 amide bonds. The molecule has 2 aromatic rings. The number of carbonyl (C=O) groups is 1. The summed E-state index contributed by atoms with van der Waals surface area (Å²) in [6, 6.07) is 13.8. The molecule has 3 nitrogen and oxygen atoms in total. The Morgan fingerprint density at radius 1 is 1.15 bits per heavy atom. The molecule has 2 aromatic carbocycles. The van der Waals surface area contributed by atoms with Crippen molar-refractivity contribution in [3.8, 4) is 5.75 Å². The number of carbonyl (C=O) groups excluding carboxylic acids is 1. The zero-order valence-electron chi connectivity index (χ0n) is 15.8. The quantitative estimate of drug-likeness (QED) is 0.345. The van der Waals surface area contributed by atoms with Gasteiger partial charge in [-0.2, -0.15) is 0 Å². The van der Waals surface area contributed by atoms with Gasteiger partial charge in [-0.25, -0.2) is 0 Å². The van der Waals surface area contributed by atoms with Gasteiger partial charge in [-0.05, 0) is 55.7 Å². The van der Waals surface area contributed by atoms with E-state index >= 15 is 0 Å². The highest BCUT2D eigenvalue weighted by atomic mass is 32.2. The summed E-state index contributed by atoms with van der Waals surface area (Å²) in [5.41, 5.74) is 4.02. The highest BCUT2D eigenvalue weighted by molar-refractivity contribution is 8.27. The van der Waals surface area contributed by atoms with Crippen LogP contribution in [0.15, 0.2) is 47.4 Å². The third-order valence-electron chi connectivity index (χ3n) is 4.33. The molecule has 1 saturated heterocycles. The van der Waals surface area contributed by atoms with E-state index in [0.717, 1.165) is 42.0 Å². The van der Waals surface area contributed by atoms with Gasteiger partial charge in [0.05, 0.1) is 17.2 Å². The Morgan fingerprint density at radius 3 is 2.56 bits per heavy atom. The molecular weight excluding hydrogens is 374 g/mol. The molecule has 0 radical (unpaired) electrons. The van der Waals surface area contributed by atoms with Gasteiger partial charge in [-0.3, -0.25) is 9.69 Å². The van der Waals surface area contributed by atoms with Gasteiger partial charge in [0.2, 0.25) is 0 Å². The van der Waals surface area contributed by atoms with Crippen LogP contribution in [-0.4, -0.2) is 16.8 Å². The Kier molecular flexibility index (Phi) is 6.34. The molecule has 0 aliphatic carbocycles. The Balaban J connectivity index is 1.78. The minimum Gasteiger partial charge on any atom is -0.494 e. The van der Waals surface area contributed by atoms with Crippen LogP contribution in [0.25, 0.3) is 6.08 Å². The molecule has 1 aliphatic rings. The number of unbranched alkanes of at least 4 members (excludes halogenated alkanes) is 1. The van der Waals surface area contributed by atoms with Crippen LogP contribution in [0.3, 0.4) is 0 Å². The second kappa shape index (κ2) is 8.72. The van der Waals surface area contributed by atoms with Crippen molar-refractivity contribution in [2.75, 3.05) is 11.5 Å². The lowest BCUT2D eigenvalue weighted by Crippen LogP contribution is -2.28. The fourth-order valence-corrected chi connectivity index (χ4v) is 4.16. The maximum Gasteiger partial charge on any atom is 0.270 e. The summed E-state index contributed by atoms with van der Waals surface area (Å²) >= 11 is 6.82. The number of anilines is 1. The molecule has 0 spiro atoms. The lowest BCUT2D eigenvalue weighted by Gasteiger charge is -2.17. The molecule has 1 aliphatic heterocycles. The first-order valence-corrected chi connectivity index (χ1v) is 10.3. The second-order valence-electron chi connectivity index (χ2n) is 6.58. The van der Waals surface area contributed by atoms with Crippen LogP contribution < -0.4 is 9.64 Å². The highest BCUT2D eigenvalue weighted by Gasteiger charge is 2.33. The van der Waals surface area contributed by atoms with Gasteiger partial charge in [0, 0.05) is 0 Å². The molecule has 5 heteroatoms. The third kappa shape index (κ3) is 4.60. The average molecular weight is 398 g/mol. The van der Waals surface area contributed by atoms with Crippen LogP contribution in [0.5, 0.6) is 5.75 Å². The first-order valence-electron chi connectivity index (χ1n) is 9.07. The summed E-state index contributed by atoms with van der Waals surface area (Å²) in [6.45, 7) is 6.91. The van der Waals surface area contributed by atoms with Crippen molar-refractivity contribution in [3.63, 3.8) is 0 Å². The predicted molar refractivity (Wildman–Crippen MR) is 118 cm³/mol. The van der Waals surface area contributed by atoms with Gasteiger partial charge < -0.3 is 4.74 Å². The molecule has 0 bridgehead atoms. The van der Waals surface area contributed by atoms with Crippen LogP contribution in [-0.2, 0) is 4.79 Å². The molecule has 0 N–H and O–H groups in total. The SMILES string of the molecule is CCCCOc1ccc(/C=C2/SC(=S)N(c3ccc(C)cc3C)C2=O)cc1. The van der Waals surface area contributed by atoms with Crippen molar-refractivity contribution in [1.82, 2.24) is 0 Å². The third-order valence-corrected chi connectivity index (χ3v) is 5.63. The molecule has 0 saturated carbocycles. The molecule has 27 heavy (non-hydrogen) atoms. The number of nitrogens with zero attached hydrogens (tertiary/aromatic N) is 1. The number of aryl methyl sites for hydroxylation is 2. The van der Waals surface area contributed by atoms with E-state index in [1.807, 2.05) is 56.3 Å². The summed E-state index contributed by atoms with van der Waals surface area (Å²) in [5, 5.41) is 0. The number of benzene rings is 2. The monoisotopic (exact) mass is 397 g/mol. The average Bonchev–Trinajstić information content (AvgIpc) is 2.91. The van der Waals surface area contributed by atoms with Crippen LogP contribution in [0.1, 0.15) is 36.5 Å². The maximum atomic E-state index is 12.9. The van der Waals surface area contributed by atoms with Gasteiger partial charge >= 0.3 is 0 Å². The fraction of sp³-hybridized carbons (Fsp3) is 0.273. The van der Waals surface area contributed by atoms with Crippen LogP contribution >= 0.6 is 24.0 Å². The topological polar surface area (TPSA) is 29.5 Å². The van der Waals surface area contributed by atoms with E-state index in [9.17, 15) is 4.79 Å². The molecule has 0 unspecified atom stereocenters. The summed E-state index contributed by atoms with van der Waals surface area (Å²) in [4.78, 5) is 15.2. The standard InChI is InChI=1S/C22H23NO2S2/c1-4-5-12-25-18-9-7-17(8-10-18)14-20-21(24)23(22(26)27-20)19-11-6-15(2)13-16(19)3/h6-11,13-14H,4-5,12H2,1-3H3/b20-14+. The van der Waals surface area contributed by atoms with Gasteiger partial charge in [-0.1, -0.05) is 67.2 Å². The molecule has 1 fully saturated rings. The van der Waals surface area contributed by atoms with Crippen molar-refractivity contribution >= 4 is 46.0 Å². The van der Waals surface area contributed by atoms with Crippen molar-refractivity contribution in [3.05, 3.63) is 64.1 Å². The van der Waals surface area contributed by atoms with E-state index in [1.54, 1.807) is 4.90 Å². The van der Waals surface area contributed by atoms with Gasteiger partial charge in [0.1, 0.15) is 5.75 Å². The van der Waals surface area contributed by atoms with E-state index < -0.39 is 0 Å². The molecule has 0 aromatic heterocycles. The first kappa shape index (κ1) is 19.6. The van der Waals surface area contributed by atoms with Crippen molar-refractivity contribution in [2.45, 2.75) is 33.6 Å². The van der Waals surface area contributed by atoms with Gasteiger partial charge in [0.25, 0.3) is 5.91 Å². The number of thiocarbonyl (C=S) groups is 1. The minimum absolute atomic E-state index is 0.0692. The molecule has 140 valence electrons. The Bertz CT molecular complexity index is 888. The number of hydrogen-bond donors (Lipinski definition) is 0. The molecule has 1 heterocycles.